The number of rotatable bonds is 4. The minimum Gasteiger partial charge on any atom is -0.493 e. The number of carbonyl (C=O) groups is 1. The third kappa shape index (κ3) is 3.55. The molecule has 4 rings (SSSR count). The molecular weight excluding hydrogens is 352 g/mol. The van der Waals surface area contributed by atoms with Crippen LogP contribution in [0.4, 0.5) is 5.82 Å². The predicted octanol–water partition coefficient (Wildman–Crippen LogP) is 4.02. The van der Waals surface area contributed by atoms with Gasteiger partial charge < -0.3 is 10.1 Å². The smallest absolute Gasteiger partial charge is 0.226 e. The van der Waals surface area contributed by atoms with Crippen molar-refractivity contribution in [1.82, 2.24) is 15.2 Å². The standard InChI is InChI=1S/C19H17ClN4O2/c20-14-1-2-15-13(5-8-26-17(15)10-14)9-19(25)22-18-11-16(23-24-18)12-3-6-21-7-4-12/h1-4,6-7,10-11,13H,5,8-9H2,(H2,22,23,24,25)/t13-/m0/s1. The number of aromatic amines is 1. The van der Waals surface area contributed by atoms with E-state index in [0.29, 0.717) is 23.9 Å². The molecule has 6 nitrogen and oxygen atoms in total. The first-order valence-electron chi connectivity index (χ1n) is 8.37. The SMILES string of the molecule is O=C(C[C@@H]1CCOc2cc(Cl)ccc21)Nc1cc(-c2ccncc2)[nH]n1. The molecule has 1 amide bonds. The summed E-state index contributed by atoms with van der Waals surface area (Å²) in [7, 11) is 0. The first-order valence-corrected chi connectivity index (χ1v) is 8.75. The van der Waals surface area contributed by atoms with Crippen molar-refractivity contribution < 1.29 is 9.53 Å². The molecule has 0 aliphatic carbocycles. The lowest BCUT2D eigenvalue weighted by atomic mass is 9.90. The minimum absolute atomic E-state index is 0.0782. The Morgan fingerprint density at radius 2 is 2.12 bits per heavy atom. The van der Waals surface area contributed by atoms with Crippen molar-refractivity contribution in [3.05, 3.63) is 59.4 Å². The fourth-order valence-corrected chi connectivity index (χ4v) is 3.29. The molecule has 1 aliphatic heterocycles. The zero-order valence-corrected chi connectivity index (χ0v) is 14.7. The van der Waals surface area contributed by atoms with E-state index in [1.165, 1.54) is 0 Å². The number of hydrogen-bond donors (Lipinski definition) is 2. The molecule has 0 fully saturated rings. The van der Waals surface area contributed by atoms with Gasteiger partial charge in [-0.25, -0.2) is 0 Å². The summed E-state index contributed by atoms with van der Waals surface area (Å²) in [4.78, 5) is 16.5. The number of aromatic nitrogens is 3. The first-order chi connectivity index (χ1) is 12.7. The molecule has 3 heterocycles. The topological polar surface area (TPSA) is 79.9 Å². The molecule has 1 atom stereocenters. The summed E-state index contributed by atoms with van der Waals surface area (Å²) in [5, 5.41) is 10.6. The van der Waals surface area contributed by atoms with Crippen LogP contribution in [0.3, 0.4) is 0 Å². The normalized spacial score (nSPS) is 15.8. The largest absolute Gasteiger partial charge is 0.493 e. The Bertz CT molecular complexity index is 926. The maximum atomic E-state index is 12.5. The maximum Gasteiger partial charge on any atom is 0.226 e. The van der Waals surface area contributed by atoms with Gasteiger partial charge in [0.15, 0.2) is 5.82 Å². The summed E-state index contributed by atoms with van der Waals surface area (Å²) >= 11 is 6.02. The summed E-state index contributed by atoms with van der Waals surface area (Å²) in [6.07, 6.45) is 4.59. The van der Waals surface area contributed by atoms with Crippen LogP contribution in [-0.2, 0) is 4.79 Å². The maximum absolute atomic E-state index is 12.5. The lowest BCUT2D eigenvalue weighted by molar-refractivity contribution is -0.116. The van der Waals surface area contributed by atoms with Gasteiger partial charge in [-0.15, -0.1) is 0 Å². The van der Waals surface area contributed by atoms with Crippen LogP contribution >= 0.6 is 11.6 Å². The highest BCUT2D eigenvalue weighted by atomic mass is 35.5. The van der Waals surface area contributed by atoms with E-state index in [-0.39, 0.29) is 11.8 Å². The molecule has 1 aromatic carbocycles. The molecule has 0 radical (unpaired) electrons. The van der Waals surface area contributed by atoms with E-state index in [2.05, 4.69) is 20.5 Å². The van der Waals surface area contributed by atoms with Crippen molar-refractivity contribution in [2.75, 3.05) is 11.9 Å². The molecule has 2 aromatic heterocycles. The van der Waals surface area contributed by atoms with Crippen molar-refractivity contribution in [2.45, 2.75) is 18.8 Å². The minimum atomic E-state index is -0.0782. The van der Waals surface area contributed by atoms with Crippen molar-refractivity contribution in [3.8, 4) is 17.0 Å². The Hall–Kier alpha value is -2.86. The molecule has 3 aromatic rings. The van der Waals surface area contributed by atoms with Crippen LogP contribution < -0.4 is 10.1 Å². The number of benzene rings is 1. The van der Waals surface area contributed by atoms with Crippen molar-refractivity contribution in [2.24, 2.45) is 0 Å². The molecule has 1 aliphatic rings. The molecule has 0 bridgehead atoms. The number of anilines is 1. The fraction of sp³-hybridized carbons (Fsp3) is 0.211. The van der Waals surface area contributed by atoms with Gasteiger partial charge in [-0.3, -0.25) is 14.9 Å². The summed E-state index contributed by atoms with van der Waals surface area (Å²) in [5.41, 5.74) is 2.81. The van der Waals surface area contributed by atoms with Crippen LogP contribution in [0.5, 0.6) is 5.75 Å². The molecule has 26 heavy (non-hydrogen) atoms. The average Bonchev–Trinajstić information content (AvgIpc) is 3.11. The van der Waals surface area contributed by atoms with Crippen molar-refractivity contribution in [3.63, 3.8) is 0 Å². The Kier molecular flexibility index (Phi) is 4.58. The third-order valence-corrected chi connectivity index (χ3v) is 4.64. The number of nitrogens with zero attached hydrogens (tertiary/aromatic N) is 2. The molecule has 7 heteroatoms. The number of amides is 1. The number of fused-ring (bicyclic) bond motifs is 1. The van der Waals surface area contributed by atoms with E-state index in [1.54, 1.807) is 18.5 Å². The van der Waals surface area contributed by atoms with E-state index in [1.807, 2.05) is 30.3 Å². The molecular formula is C19H17ClN4O2. The molecule has 2 N–H and O–H groups in total. The summed E-state index contributed by atoms with van der Waals surface area (Å²) in [6.45, 7) is 0.583. The lowest BCUT2D eigenvalue weighted by Gasteiger charge is -2.25. The van der Waals surface area contributed by atoms with Gasteiger partial charge in [0.1, 0.15) is 5.75 Å². The van der Waals surface area contributed by atoms with Crippen LogP contribution in [0, 0.1) is 0 Å². The highest BCUT2D eigenvalue weighted by molar-refractivity contribution is 6.30. The van der Waals surface area contributed by atoms with Gasteiger partial charge in [0.25, 0.3) is 0 Å². The second-order valence-electron chi connectivity index (χ2n) is 6.17. The van der Waals surface area contributed by atoms with Gasteiger partial charge in [0.2, 0.25) is 5.91 Å². The second-order valence-corrected chi connectivity index (χ2v) is 6.61. The van der Waals surface area contributed by atoms with Gasteiger partial charge in [-0.1, -0.05) is 17.7 Å². The number of pyridine rings is 1. The van der Waals surface area contributed by atoms with E-state index in [9.17, 15) is 4.79 Å². The number of hydrogen-bond acceptors (Lipinski definition) is 4. The van der Waals surface area contributed by atoms with Gasteiger partial charge in [-0.05, 0) is 42.2 Å². The Morgan fingerprint density at radius 3 is 2.96 bits per heavy atom. The number of halogens is 1. The highest BCUT2D eigenvalue weighted by Gasteiger charge is 2.24. The molecule has 0 saturated heterocycles. The zero-order chi connectivity index (χ0) is 17.9. The summed E-state index contributed by atoms with van der Waals surface area (Å²) in [5.74, 6) is 1.30. The Labute approximate surface area is 155 Å². The van der Waals surface area contributed by atoms with Crippen LogP contribution in [0.15, 0.2) is 48.8 Å². The number of H-pyrrole nitrogens is 1. The van der Waals surface area contributed by atoms with Crippen molar-refractivity contribution >= 4 is 23.3 Å². The Balaban J connectivity index is 1.43. The third-order valence-electron chi connectivity index (χ3n) is 4.41. The highest BCUT2D eigenvalue weighted by Crippen LogP contribution is 2.37. The molecule has 0 spiro atoms. The fourth-order valence-electron chi connectivity index (χ4n) is 3.13. The molecule has 132 valence electrons. The van der Waals surface area contributed by atoms with E-state index < -0.39 is 0 Å². The average molecular weight is 369 g/mol. The zero-order valence-electron chi connectivity index (χ0n) is 13.9. The van der Waals surface area contributed by atoms with E-state index in [4.69, 9.17) is 16.3 Å². The lowest BCUT2D eigenvalue weighted by Crippen LogP contribution is -2.20. The van der Waals surface area contributed by atoms with Crippen LogP contribution in [0.1, 0.15) is 24.3 Å². The number of carbonyl (C=O) groups excluding carboxylic acids is 1. The molecule has 0 unspecified atom stereocenters. The van der Waals surface area contributed by atoms with Crippen LogP contribution in [0.2, 0.25) is 5.02 Å². The Morgan fingerprint density at radius 1 is 1.27 bits per heavy atom. The van der Waals surface area contributed by atoms with E-state index >= 15 is 0 Å². The quantitative estimate of drug-likeness (QED) is 0.728. The van der Waals surface area contributed by atoms with Crippen molar-refractivity contribution in [1.29, 1.82) is 0 Å². The number of nitrogens with one attached hydrogen (secondary N) is 2. The van der Waals surface area contributed by atoms with Gasteiger partial charge >= 0.3 is 0 Å². The van der Waals surface area contributed by atoms with Crippen LogP contribution in [0.25, 0.3) is 11.3 Å². The van der Waals surface area contributed by atoms with Gasteiger partial charge in [-0.2, -0.15) is 5.10 Å². The monoisotopic (exact) mass is 368 g/mol. The predicted molar refractivity (Wildman–Crippen MR) is 99.4 cm³/mol. The van der Waals surface area contributed by atoms with Crippen LogP contribution in [-0.4, -0.2) is 27.7 Å². The first kappa shape index (κ1) is 16.6. The van der Waals surface area contributed by atoms with E-state index in [0.717, 1.165) is 29.0 Å². The summed E-state index contributed by atoms with van der Waals surface area (Å²) in [6, 6.07) is 11.1. The second kappa shape index (κ2) is 7.17. The van der Waals surface area contributed by atoms with Gasteiger partial charge in [0, 0.05) is 35.5 Å². The van der Waals surface area contributed by atoms with Gasteiger partial charge in [0.05, 0.1) is 12.3 Å². The summed E-state index contributed by atoms with van der Waals surface area (Å²) < 4.78 is 5.65. The number of ether oxygens (including phenoxy) is 1. The molecule has 0 saturated carbocycles.